The lowest BCUT2D eigenvalue weighted by Gasteiger charge is -2.34. The summed E-state index contributed by atoms with van der Waals surface area (Å²) in [6.45, 7) is 10.1. The molecule has 116 valence electrons. The van der Waals surface area contributed by atoms with Crippen molar-refractivity contribution in [1.82, 2.24) is 0 Å². The second kappa shape index (κ2) is 7.05. The predicted molar refractivity (Wildman–Crippen MR) is 89.5 cm³/mol. The fourth-order valence-corrected chi connectivity index (χ4v) is 3.08. The first kappa shape index (κ1) is 17.7. The van der Waals surface area contributed by atoms with Gasteiger partial charge in [-0.25, -0.2) is 0 Å². The fourth-order valence-electron chi connectivity index (χ4n) is 1.95. The molecule has 0 fully saturated rings. The van der Waals surface area contributed by atoms with E-state index in [9.17, 15) is 4.79 Å². The Bertz CT molecular complexity index is 487. The first-order valence-electron chi connectivity index (χ1n) is 7.16. The maximum atomic E-state index is 12.1. The Kier molecular flexibility index (Phi) is 5.93. The van der Waals surface area contributed by atoms with Crippen molar-refractivity contribution in [3.8, 4) is 0 Å². The predicted octanol–water partition coefficient (Wildman–Crippen LogP) is 4.12. The summed E-state index contributed by atoms with van der Waals surface area (Å²) in [7, 11) is -0.373. The quantitative estimate of drug-likeness (QED) is 0.586. The monoisotopic (exact) mass is 306 g/mol. The molecule has 21 heavy (non-hydrogen) atoms. The van der Waals surface area contributed by atoms with Crippen molar-refractivity contribution in [2.45, 2.75) is 39.6 Å². The molecule has 0 bridgehead atoms. The summed E-state index contributed by atoms with van der Waals surface area (Å²) >= 11 is 0. The molecule has 0 heterocycles. The molecule has 1 aromatic carbocycles. The van der Waals surface area contributed by atoms with Crippen LogP contribution in [-0.4, -0.2) is 27.5 Å². The third kappa shape index (κ3) is 5.48. The van der Waals surface area contributed by atoms with Crippen LogP contribution in [0.15, 0.2) is 36.4 Å². The van der Waals surface area contributed by atoms with E-state index in [4.69, 9.17) is 9.16 Å². The van der Waals surface area contributed by atoms with E-state index in [-0.39, 0.29) is 12.1 Å². The normalized spacial score (nSPS) is 14.2. The van der Waals surface area contributed by atoms with Crippen LogP contribution in [0, 0.1) is 5.41 Å². The van der Waals surface area contributed by atoms with Gasteiger partial charge in [-0.05, 0) is 39.1 Å². The molecule has 4 heteroatoms. The summed E-state index contributed by atoms with van der Waals surface area (Å²) in [6.07, 6.45) is 3.65. The SMILES string of the molecule is COC(=O)C(C)(C)C(/C=C\c1ccccc1)O[Si](C)(C)C. The van der Waals surface area contributed by atoms with Gasteiger partial charge < -0.3 is 9.16 Å². The van der Waals surface area contributed by atoms with Gasteiger partial charge in [-0.2, -0.15) is 0 Å². The molecule has 0 aliphatic heterocycles. The van der Waals surface area contributed by atoms with Crippen LogP contribution in [0.5, 0.6) is 0 Å². The van der Waals surface area contributed by atoms with Crippen molar-refractivity contribution in [2.24, 2.45) is 5.41 Å². The van der Waals surface area contributed by atoms with Crippen molar-refractivity contribution < 1.29 is 14.0 Å². The Morgan fingerprint density at radius 3 is 2.24 bits per heavy atom. The summed E-state index contributed by atoms with van der Waals surface area (Å²) in [5.74, 6) is -0.261. The van der Waals surface area contributed by atoms with Gasteiger partial charge in [0, 0.05) is 0 Å². The summed E-state index contributed by atoms with van der Waals surface area (Å²) in [5, 5.41) is 0. The number of rotatable bonds is 6. The van der Waals surface area contributed by atoms with Crippen LogP contribution in [0.2, 0.25) is 19.6 Å². The Morgan fingerprint density at radius 1 is 1.19 bits per heavy atom. The van der Waals surface area contributed by atoms with Crippen LogP contribution in [0.1, 0.15) is 19.4 Å². The van der Waals surface area contributed by atoms with Gasteiger partial charge >= 0.3 is 5.97 Å². The van der Waals surface area contributed by atoms with Crippen LogP contribution in [-0.2, 0) is 14.0 Å². The average molecular weight is 306 g/mol. The molecular weight excluding hydrogens is 280 g/mol. The Morgan fingerprint density at radius 2 is 1.76 bits per heavy atom. The smallest absolute Gasteiger partial charge is 0.314 e. The molecule has 1 atom stereocenters. The number of carbonyl (C=O) groups excluding carboxylic acids is 1. The zero-order chi connectivity index (χ0) is 16.1. The highest BCUT2D eigenvalue weighted by Gasteiger charge is 2.39. The van der Waals surface area contributed by atoms with Crippen LogP contribution < -0.4 is 0 Å². The van der Waals surface area contributed by atoms with Gasteiger partial charge in [0.25, 0.3) is 0 Å². The fraction of sp³-hybridized carbons (Fsp3) is 0.471. The summed E-state index contributed by atoms with van der Waals surface area (Å²) in [5.41, 5.74) is 0.364. The van der Waals surface area contributed by atoms with Gasteiger partial charge in [0.05, 0.1) is 18.6 Å². The molecule has 0 radical (unpaired) electrons. The van der Waals surface area contributed by atoms with E-state index in [1.807, 2.05) is 56.3 Å². The number of benzene rings is 1. The number of esters is 1. The first-order chi connectivity index (χ1) is 9.66. The minimum absolute atomic E-state index is 0.261. The zero-order valence-electron chi connectivity index (χ0n) is 13.8. The van der Waals surface area contributed by atoms with Crippen LogP contribution in [0.4, 0.5) is 0 Å². The van der Waals surface area contributed by atoms with Gasteiger partial charge in [-0.1, -0.05) is 42.5 Å². The molecule has 0 N–H and O–H groups in total. The minimum atomic E-state index is -1.79. The average Bonchev–Trinajstić information content (AvgIpc) is 2.42. The Hall–Kier alpha value is -1.39. The zero-order valence-corrected chi connectivity index (χ0v) is 14.8. The van der Waals surface area contributed by atoms with Gasteiger partial charge in [-0.15, -0.1) is 0 Å². The molecule has 3 nitrogen and oxygen atoms in total. The standard InChI is InChI=1S/C17H26O3Si/c1-17(2,16(18)19-3)15(20-21(4,5)6)13-12-14-10-8-7-9-11-14/h7-13,15H,1-6H3/b13-12-. The van der Waals surface area contributed by atoms with Crippen LogP contribution in [0.3, 0.4) is 0 Å². The highest BCUT2D eigenvalue weighted by Crippen LogP contribution is 2.29. The Balaban J connectivity index is 3.03. The van der Waals surface area contributed by atoms with E-state index >= 15 is 0 Å². The van der Waals surface area contributed by atoms with Gasteiger partial charge in [0.2, 0.25) is 0 Å². The number of hydrogen-bond donors (Lipinski definition) is 0. The topological polar surface area (TPSA) is 35.5 Å². The molecule has 1 rings (SSSR count). The van der Waals surface area contributed by atoms with E-state index in [1.54, 1.807) is 0 Å². The van der Waals surface area contributed by atoms with E-state index in [0.717, 1.165) is 5.56 Å². The molecule has 1 unspecified atom stereocenters. The van der Waals surface area contributed by atoms with E-state index in [1.165, 1.54) is 7.11 Å². The van der Waals surface area contributed by atoms with Crippen molar-refractivity contribution in [3.05, 3.63) is 42.0 Å². The van der Waals surface area contributed by atoms with Crippen molar-refractivity contribution in [3.63, 3.8) is 0 Å². The second-order valence-electron chi connectivity index (χ2n) is 6.63. The third-order valence-corrected chi connectivity index (χ3v) is 4.13. The molecule has 0 aromatic heterocycles. The largest absolute Gasteiger partial charge is 0.469 e. The molecule has 0 aliphatic carbocycles. The van der Waals surface area contributed by atoms with E-state index in [0.29, 0.717) is 0 Å². The number of hydrogen-bond acceptors (Lipinski definition) is 3. The van der Waals surface area contributed by atoms with Gasteiger partial charge in [-0.3, -0.25) is 4.79 Å². The molecule has 0 saturated carbocycles. The molecule has 0 spiro atoms. The minimum Gasteiger partial charge on any atom is -0.469 e. The van der Waals surface area contributed by atoms with Crippen molar-refractivity contribution >= 4 is 20.4 Å². The summed E-state index contributed by atoms with van der Waals surface area (Å²) in [6, 6.07) is 9.99. The van der Waals surface area contributed by atoms with Crippen LogP contribution >= 0.6 is 0 Å². The van der Waals surface area contributed by atoms with Crippen molar-refractivity contribution in [1.29, 1.82) is 0 Å². The molecule has 0 aliphatic rings. The lowest BCUT2D eigenvalue weighted by atomic mass is 9.86. The number of methoxy groups -OCH3 is 1. The molecular formula is C17H26O3Si. The summed E-state index contributed by atoms with van der Waals surface area (Å²) in [4.78, 5) is 12.1. The summed E-state index contributed by atoms with van der Waals surface area (Å²) < 4.78 is 11.1. The number of carbonyl (C=O) groups is 1. The molecule has 1 aromatic rings. The highest BCUT2D eigenvalue weighted by atomic mass is 28.4. The highest BCUT2D eigenvalue weighted by molar-refractivity contribution is 6.69. The third-order valence-electron chi connectivity index (χ3n) is 3.17. The van der Waals surface area contributed by atoms with E-state index in [2.05, 4.69) is 19.6 Å². The van der Waals surface area contributed by atoms with Gasteiger partial charge in [0.15, 0.2) is 8.32 Å². The first-order valence-corrected chi connectivity index (χ1v) is 10.6. The second-order valence-corrected chi connectivity index (χ2v) is 11.1. The van der Waals surface area contributed by atoms with Crippen LogP contribution in [0.25, 0.3) is 6.08 Å². The Labute approximate surface area is 129 Å². The molecule has 0 saturated heterocycles. The lowest BCUT2D eigenvalue weighted by molar-refractivity contribution is -0.154. The van der Waals surface area contributed by atoms with E-state index < -0.39 is 13.7 Å². The maximum Gasteiger partial charge on any atom is 0.314 e. The number of ether oxygens (including phenoxy) is 1. The van der Waals surface area contributed by atoms with Gasteiger partial charge in [0.1, 0.15) is 0 Å². The molecule has 0 amide bonds. The lowest BCUT2D eigenvalue weighted by Crippen LogP contribution is -2.44. The van der Waals surface area contributed by atoms with Crippen molar-refractivity contribution in [2.75, 3.05) is 7.11 Å². The maximum absolute atomic E-state index is 12.1.